The molecule has 0 fully saturated rings. The van der Waals surface area contributed by atoms with Crippen LogP contribution in [0, 0.1) is 13.1 Å². The summed E-state index contributed by atoms with van der Waals surface area (Å²) in [4.78, 5) is 14.5. The maximum atomic E-state index is 9.53. The van der Waals surface area contributed by atoms with Crippen molar-refractivity contribution in [3.8, 4) is 0 Å². The Labute approximate surface area is 206 Å². The van der Waals surface area contributed by atoms with Crippen molar-refractivity contribution >= 4 is 40.0 Å². The van der Waals surface area contributed by atoms with E-state index in [1.165, 1.54) is 12.4 Å². The largest absolute Gasteiger partial charge is 1.00 e. The molecule has 0 aliphatic rings. The molecule has 0 saturated heterocycles. The Balaban J connectivity index is 0. The van der Waals surface area contributed by atoms with Gasteiger partial charge >= 0.3 is 26.0 Å². The van der Waals surface area contributed by atoms with Crippen LogP contribution in [0.1, 0.15) is 41.5 Å². The molecule has 0 aromatic carbocycles. The molecule has 0 saturated carbocycles. The standard InChI is InChI=1S/C12H17BN2O2.C6H3BrN2.C3H7O.Li/c1-9(2)16-13(17-10(3)4)12-7-6-11(14-5)8-15-12;1-8-5-2-3-6(7)9-4-5;1-3(2)4;/h6-10H,1-4H3;2-4H;3H,1-2H3;/q;;-1;+1. The second-order valence-corrected chi connectivity index (χ2v) is 7.57. The van der Waals surface area contributed by atoms with Gasteiger partial charge in [-0.25, -0.2) is 9.69 Å². The number of hydrogen-bond acceptors (Lipinski definition) is 5. The number of nitrogens with zero attached hydrogens (tertiary/aromatic N) is 4. The molecule has 160 valence electrons. The van der Waals surface area contributed by atoms with E-state index in [9.17, 15) is 5.11 Å². The molecular weight excluding hydrogens is 454 g/mol. The van der Waals surface area contributed by atoms with Crippen molar-refractivity contribution in [2.75, 3.05) is 0 Å². The maximum Gasteiger partial charge on any atom is 1.00 e. The third-order valence-corrected chi connectivity index (χ3v) is 3.24. The Morgan fingerprint density at radius 3 is 1.58 bits per heavy atom. The van der Waals surface area contributed by atoms with Crippen LogP contribution in [0.5, 0.6) is 0 Å². The number of halogens is 1. The summed E-state index contributed by atoms with van der Waals surface area (Å²) in [5, 5.41) is 9.53. The van der Waals surface area contributed by atoms with Crippen LogP contribution in [0.15, 0.2) is 41.3 Å². The molecule has 0 aliphatic heterocycles. The predicted molar refractivity (Wildman–Crippen MR) is 122 cm³/mol. The van der Waals surface area contributed by atoms with E-state index in [0.717, 1.165) is 4.60 Å². The van der Waals surface area contributed by atoms with Gasteiger partial charge in [0.1, 0.15) is 4.60 Å². The molecule has 0 amide bonds. The number of aromatic nitrogens is 2. The zero-order valence-corrected chi connectivity index (χ0v) is 20.8. The van der Waals surface area contributed by atoms with Gasteiger partial charge in [-0.2, -0.15) is 0 Å². The summed E-state index contributed by atoms with van der Waals surface area (Å²) in [5.74, 6) is 0. The van der Waals surface area contributed by atoms with Gasteiger partial charge in [0.25, 0.3) is 0 Å². The Kier molecular flexibility index (Phi) is 18.2. The zero-order chi connectivity index (χ0) is 23.1. The van der Waals surface area contributed by atoms with Gasteiger partial charge in [0.15, 0.2) is 0 Å². The van der Waals surface area contributed by atoms with Crippen LogP contribution in [0.4, 0.5) is 11.4 Å². The molecule has 0 spiro atoms. The van der Waals surface area contributed by atoms with Gasteiger partial charge in [-0.05, 0) is 49.7 Å². The number of pyridine rings is 2. The normalized spacial score (nSPS) is 9.45. The monoisotopic (exact) mass is 480 g/mol. The molecule has 2 aromatic rings. The van der Waals surface area contributed by atoms with Gasteiger partial charge in [0.05, 0.1) is 18.7 Å². The quantitative estimate of drug-likeness (QED) is 0.366. The molecule has 0 atom stereocenters. The van der Waals surface area contributed by atoms with E-state index in [2.05, 4.69) is 35.6 Å². The molecular formula is C21H27BBrLiN4O3. The minimum absolute atomic E-state index is 0. The van der Waals surface area contributed by atoms with Gasteiger partial charge in [-0.3, -0.25) is 9.97 Å². The average molecular weight is 481 g/mol. The molecule has 0 N–H and O–H groups in total. The van der Waals surface area contributed by atoms with Crippen LogP contribution in [0.3, 0.4) is 0 Å². The van der Waals surface area contributed by atoms with Crippen LogP contribution in [0.25, 0.3) is 9.69 Å². The fourth-order valence-electron chi connectivity index (χ4n) is 1.70. The molecule has 2 heterocycles. The van der Waals surface area contributed by atoms with Crippen LogP contribution in [-0.2, 0) is 9.31 Å². The summed E-state index contributed by atoms with van der Waals surface area (Å²) in [6, 6.07) is 6.94. The van der Waals surface area contributed by atoms with Crippen molar-refractivity contribution in [1.82, 2.24) is 9.97 Å². The topological polar surface area (TPSA) is 76.0 Å². The minimum atomic E-state index is -0.477. The average Bonchev–Trinajstić information content (AvgIpc) is 2.67. The Bertz CT molecular complexity index is 795. The second kappa shape index (κ2) is 17.9. The van der Waals surface area contributed by atoms with E-state index in [1.807, 2.05) is 27.7 Å². The summed E-state index contributed by atoms with van der Waals surface area (Å²) in [6.07, 6.45) is 2.75. The van der Waals surface area contributed by atoms with E-state index in [1.54, 1.807) is 38.1 Å². The van der Waals surface area contributed by atoms with E-state index < -0.39 is 13.2 Å². The molecule has 0 radical (unpaired) electrons. The Hall–Kier alpha value is -1.70. The molecule has 2 aromatic heterocycles. The van der Waals surface area contributed by atoms with Crippen molar-refractivity contribution < 1.29 is 33.3 Å². The molecule has 10 heteroatoms. The summed E-state index contributed by atoms with van der Waals surface area (Å²) in [5.41, 5.74) is 1.78. The summed E-state index contributed by atoms with van der Waals surface area (Å²) in [7, 11) is -0.477. The van der Waals surface area contributed by atoms with Crippen molar-refractivity contribution in [2.45, 2.75) is 59.9 Å². The number of rotatable bonds is 5. The predicted octanol–water partition coefficient (Wildman–Crippen LogP) is 1.33. The number of hydrogen-bond donors (Lipinski definition) is 0. The van der Waals surface area contributed by atoms with Crippen LogP contribution in [-0.4, -0.2) is 35.4 Å². The molecule has 0 unspecified atom stereocenters. The van der Waals surface area contributed by atoms with E-state index in [0.29, 0.717) is 17.0 Å². The first-order valence-corrected chi connectivity index (χ1v) is 10.2. The van der Waals surface area contributed by atoms with E-state index >= 15 is 0 Å². The summed E-state index contributed by atoms with van der Waals surface area (Å²) >= 11 is 3.16. The van der Waals surface area contributed by atoms with Crippen molar-refractivity contribution in [3.63, 3.8) is 0 Å². The molecule has 2 rings (SSSR count). The first-order valence-electron chi connectivity index (χ1n) is 9.38. The zero-order valence-electron chi connectivity index (χ0n) is 19.2. The maximum absolute atomic E-state index is 9.53. The molecule has 31 heavy (non-hydrogen) atoms. The Morgan fingerprint density at radius 1 is 0.871 bits per heavy atom. The SMILES string of the molecule is CC(C)[O-].[C-]#[N+]c1ccc(B(OC(C)C)OC(C)C)nc1.[C-]#[N+]c1ccc(Br)nc1.[Li+]. The first-order chi connectivity index (χ1) is 14.1. The molecule has 0 bridgehead atoms. The molecule has 0 aliphatic carbocycles. The van der Waals surface area contributed by atoms with Gasteiger partial charge in [-0.1, -0.05) is 32.0 Å². The second-order valence-electron chi connectivity index (χ2n) is 6.75. The van der Waals surface area contributed by atoms with Crippen molar-refractivity contribution in [2.24, 2.45) is 0 Å². The van der Waals surface area contributed by atoms with Crippen LogP contribution >= 0.6 is 15.9 Å². The molecule has 7 nitrogen and oxygen atoms in total. The van der Waals surface area contributed by atoms with Gasteiger partial charge < -0.3 is 14.4 Å². The third kappa shape index (κ3) is 16.6. The van der Waals surface area contributed by atoms with E-state index in [4.69, 9.17) is 22.5 Å². The fourth-order valence-corrected chi connectivity index (χ4v) is 1.94. The van der Waals surface area contributed by atoms with Gasteiger partial charge in [0.2, 0.25) is 11.4 Å². The van der Waals surface area contributed by atoms with Crippen molar-refractivity contribution in [3.05, 3.63) is 64.1 Å². The van der Waals surface area contributed by atoms with Gasteiger partial charge in [0, 0.05) is 24.6 Å². The Morgan fingerprint density at radius 2 is 1.29 bits per heavy atom. The first kappa shape index (κ1) is 31.5. The van der Waals surface area contributed by atoms with E-state index in [-0.39, 0.29) is 31.1 Å². The third-order valence-electron chi connectivity index (χ3n) is 2.77. The smallest absolute Gasteiger partial charge is 0.852 e. The van der Waals surface area contributed by atoms with Crippen LogP contribution < -0.4 is 29.6 Å². The van der Waals surface area contributed by atoms with Crippen LogP contribution in [0.2, 0.25) is 0 Å². The summed E-state index contributed by atoms with van der Waals surface area (Å²) in [6.45, 7) is 24.5. The van der Waals surface area contributed by atoms with Gasteiger partial charge in [-0.15, -0.1) is 6.10 Å². The van der Waals surface area contributed by atoms with Crippen molar-refractivity contribution in [1.29, 1.82) is 0 Å². The fraction of sp³-hybridized carbons (Fsp3) is 0.429. The minimum Gasteiger partial charge on any atom is -0.852 e. The summed E-state index contributed by atoms with van der Waals surface area (Å²) < 4.78 is 12.1.